The fourth-order valence-corrected chi connectivity index (χ4v) is 4.61. The van der Waals surface area contributed by atoms with Gasteiger partial charge in [0, 0.05) is 6.04 Å². The maximum Gasteiger partial charge on any atom is 0.213 e. The van der Waals surface area contributed by atoms with Crippen LogP contribution in [0.2, 0.25) is 0 Å². The Hall–Kier alpha value is -0.130. The van der Waals surface area contributed by atoms with Gasteiger partial charge in [-0.1, -0.05) is 6.42 Å². The number of rotatable bonds is 1. The Bertz CT molecular complexity index is 326. The summed E-state index contributed by atoms with van der Waals surface area (Å²) in [4.78, 5) is 2.20. The van der Waals surface area contributed by atoms with Gasteiger partial charge in [-0.2, -0.15) is 0 Å². The predicted octanol–water partition coefficient (Wildman–Crippen LogP) is 0.538. The zero-order chi connectivity index (χ0) is 11.1. The van der Waals surface area contributed by atoms with Gasteiger partial charge >= 0.3 is 0 Å². The standard InChI is InChI=1S/C10H20N2O2S/c1-12-7-3-5-8-4-2-6-9(10(8)12)15(11,13)14/h8-10H,2-7H2,1H3,(H2,11,13,14)/t8-,9+,10-/m0/s1. The molecule has 2 N–H and O–H groups in total. The van der Waals surface area contributed by atoms with Crippen LogP contribution in [0.3, 0.4) is 0 Å². The topological polar surface area (TPSA) is 63.4 Å². The highest BCUT2D eigenvalue weighted by Gasteiger charge is 2.42. The van der Waals surface area contributed by atoms with Crippen LogP contribution in [0.1, 0.15) is 32.1 Å². The van der Waals surface area contributed by atoms with Crippen molar-refractivity contribution in [2.75, 3.05) is 13.6 Å². The van der Waals surface area contributed by atoms with Crippen molar-refractivity contribution in [2.24, 2.45) is 11.1 Å². The van der Waals surface area contributed by atoms with Crippen LogP contribution in [0.4, 0.5) is 0 Å². The molecule has 88 valence electrons. The number of nitrogens with two attached hydrogens (primary N) is 1. The SMILES string of the molecule is CN1CCC[C@@H]2CCC[C@@H](S(N)(=O)=O)[C@H]21. The molecule has 15 heavy (non-hydrogen) atoms. The first-order valence-electron chi connectivity index (χ1n) is 5.72. The molecule has 1 saturated heterocycles. The summed E-state index contributed by atoms with van der Waals surface area (Å²) in [6.07, 6.45) is 5.28. The van der Waals surface area contributed by atoms with Gasteiger partial charge in [0.25, 0.3) is 0 Å². The Morgan fingerprint density at radius 1 is 1.20 bits per heavy atom. The highest BCUT2D eigenvalue weighted by Crippen LogP contribution is 2.36. The van der Waals surface area contributed by atoms with Gasteiger partial charge in [-0.15, -0.1) is 0 Å². The van der Waals surface area contributed by atoms with Crippen LogP contribution in [0.25, 0.3) is 0 Å². The van der Waals surface area contributed by atoms with Gasteiger partial charge in [-0.25, -0.2) is 13.6 Å². The average Bonchev–Trinajstić information content (AvgIpc) is 2.16. The van der Waals surface area contributed by atoms with E-state index >= 15 is 0 Å². The number of piperidine rings is 1. The van der Waals surface area contributed by atoms with Gasteiger partial charge in [0.1, 0.15) is 0 Å². The number of hydrogen-bond donors (Lipinski definition) is 1. The third-order valence-corrected chi connectivity index (χ3v) is 5.30. The first-order chi connectivity index (χ1) is 7.00. The molecule has 0 radical (unpaired) electrons. The lowest BCUT2D eigenvalue weighted by atomic mass is 9.78. The zero-order valence-corrected chi connectivity index (χ0v) is 10.0. The molecule has 2 rings (SSSR count). The summed E-state index contributed by atoms with van der Waals surface area (Å²) < 4.78 is 23.1. The molecule has 1 aliphatic carbocycles. The number of fused-ring (bicyclic) bond motifs is 1. The van der Waals surface area contributed by atoms with E-state index < -0.39 is 10.0 Å². The molecule has 0 bridgehead atoms. The number of nitrogens with zero attached hydrogens (tertiary/aromatic N) is 1. The second kappa shape index (κ2) is 4.03. The van der Waals surface area contributed by atoms with E-state index in [0.717, 1.165) is 19.4 Å². The lowest BCUT2D eigenvalue weighted by Gasteiger charge is -2.45. The van der Waals surface area contributed by atoms with E-state index in [1.807, 2.05) is 7.05 Å². The molecule has 1 heterocycles. The summed E-state index contributed by atoms with van der Waals surface area (Å²) in [5.74, 6) is 0.542. The van der Waals surface area contributed by atoms with Crippen LogP contribution in [-0.2, 0) is 10.0 Å². The Morgan fingerprint density at radius 3 is 2.53 bits per heavy atom. The minimum atomic E-state index is -3.37. The van der Waals surface area contributed by atoms with Crippen LogP contribution in [-0.4, -0.2) is 38.2 Å². The predicted molar refractivity (Wildman–Crippen MR) is 59.9 cm³/mol. The highest BCUT2D eigenvalue weighted by molar-refractivity contribution is 7.89. The molecule has 0 spiro atoms. The maximum atomic E-state index is 11.5. The largest absolute Gasteiger partial charge is 0.302 e. The summed E-state index contributed by atoms with van der Waals surface area (Å²) in [5, 5.41) is 4.99. The van der Waals surface area contributed by atoms with E-state index in [4.69, 9.17) is 5.14 Å². The van der Waals surface area contributed by atoms with Crippen LogP contribution >= 0.6 is 0 Å². The number of sulfonamides is 1. The van der Waals surface area contributed by atoms with Crippen molar-refractivity contribution in [1.29, 1.82) is 0 Å². The molecule has 5 heteroatoms. The summed E-state index contributed by atoms with van der Waals surface area (Å²) in [5.41, 5.74) is 0. The molecule has 2 aliphatic rings. The van der Waals surface area contributed by atoms with Crippen molar-refractivity contribution in [3.05, 3.63) is 0 Å². The van der Waals surface area contributed by atoms with E-state index in [9.17, 15) is 8.42 Å². The van der Waals surface area contributed by atoms with Crippen molar-refractivity contribution in [1.82, 2.24) is 4.90 Å². The Kier molecular flexibility index (Phi) is 3.05. The van der Waals surface area contributed by atoms with Crippen LogP contribution in [0, 0.1) is 5.92 Å². The van der Waals surface area contributed by atoms with Crippen molar-refractivity contribution in [2.45, 2.75) is 43.4 Å². The number of likely N-dealkylation sites (tertiary alicyclic amines) is 1. The van der Waals surface area contributed by atoms with E-state index in [0.29, 0.717) is 5.92 Å². The molecular weight excluding hydrogens is 212 g/mol. The van der Waals surface area contributed by atoms with Crippen molar-refractivity contribution in [3.8, 4) is 0 Å². The normalized spacial score (nSPS) is 38.7. The summed E-state index contributed by atoms with van der Waals surface area (Å²) in [6, 6.07) is 0.169. The molecule has 3 atom stereocenters. The van der Waals surface area contributed by atoms with Gasteiger partial charge in [-0.05, 0) is 45.2 Å². The molecule has 2 fully saturated rings. The van der Waals surface area contributed by atoms with Crippen LogP contribution in [0.5, 0.6) is 0 Å². The molecular formula is C10H20N2O2S. The van der Waals surface area contributed by atoms with E-state index in [1.165, 1.54) is 19.3 Å². The van der Waals surface area contributed by atoms with Gasteiger partial charge in [0.2, 0.25) is 10.0 Å². The summed E-state index contributed by atoms with van der Waals surface area (Å²) >= 11 is 0. The van der Waals surface area contributed by atoms with Crippen molar-refractivity contribution < 1.29 is 8.42 Å². The fourth-order valence-electron chi connectivity index (χ4n) is 3.30. The first-order valence-corrected chi connectivity index (χ1v) is 7.33. The third-order valence-electron chi connectivity index (χ3n) is 3.94. The van der Waals surface area contributed by atoms with E-state index in [1.54, 1.807) is 0 Å². The minimum absolute atomic E-state index is 0.169. The lowest BCUT2D eigenvalue weighted by molar-refractivity contribution is 0.0867. The third kappa shape index (κ3) is 2.19. The molecule has 1 saturated carbocycles. The zero-order valence-electron chi connectivity index (χ0n) is 9.22. The molecule has 4 nitrogen and oxygen atoms in total. The fraction of sp³-hybridized carbons (Fsp3) is 1.00. The van der Waals surface area contributed by atoms with Crippen molar-refractivity contribution >= 4 is 10.0 Å². The van der Waals surface area contributed by atoms with Crippen molar-refractivity contribution in [3.63, 3.8) is 0 Å². The number of primary sulfonamides is 1. The Labute approximate surface area is 91.9 Å². The lowest BCUT2D eigenvalue weighted by Crippen LogP contribution is -2.55. The highest BCUT2D eigenvalue weighted by atomic mass is 32.2. The molecule has 0 aromatic carbocycles. The summed E-state index contributed by atoms with van der Waals surface area (Å²) in [7, 11) is -1.34. The quantitative estimate of drug-likeness (QED) is 0.717. The molecule has 0 amide bonds. The summed E-state index contributed by atoms with van der Waals surface area (Å²) in [6.45, 7) is 1.01. The van der Waals surface area contributed by atoms with E-state index in [-0.39, 0.29) is 11.3 Å². The smallest absolute Gasteiger partial charge is 0.213 e. The van der Waals surface area contributed by atoms with Gasteiger partial charge in [0.15, 0.2) is 0 Å². The molecule has 0 aromatic heterocycles. The molecule has 1 aliphatic heterocycles. The first kappa shape index (κ1) is 11.4. The monoisotopic (exact) mass is 232 g/mol. The van der Waals surface area contributed by atoms with Crippen LogP contribution < -0.4 is 5.14 Å². The average molecular weight is 232 g/mol. The number of hydrogen-bond acceptors (Lipinski definition) is 3. The Morgan fingerprint density at radius 2 is 1.87 bits per heavy atom. The van der Waals surface area contributed by atoms with Crippen LogP contribution in [0.15, 0.2) is 0 Å². The van der Waals surface area contributed by atoms with Gasteiger partial charge in [-0.3, -0.25) is 0 Å². The van der Waals surface area contributed by atoms with Gasteiger partial charge in [0.05, 0.1) is 5.25 Å². The second-order valence-electron chi connectivity index (χ2n) is 4.93. The Balaban J connectivity index is 2.24. The second-order valence-corrected chi connectivity index (χ2v) is 6.72. The molecule has 0 unspecified atom stereocenters. The van der Waals surface area contributed by atoms with E-state index in [2.05, 4.69) is 4.90 Å². The van der Waals surface area contributed by atoms with Gasteiger partial charge < -0.3 is 4.90 Å². The maximum absolute atomic E-state index is 11.5. The minimum Gasteiger partial charge on any atom is -0.302 e. The molecule has 0 aromatic rings.